The molecule has 1 unspecified atom stereocenters. The average Bonchev–Trinajstić information content (AvgIpc) is 3.20. The minimum Gasteiger partial charge on any atom is -0.448 e. The fourth-order valence-corrected chi connectivity index (χ4v) is 4.04. The third-order valence-electron chi connectivity index (χ3n) is 5.74. The molecule has 2 saturated heterocycles. The van der Waals surface area contributed by atoms with Crippen molar-refractivity contribution < 1.29 is 14.3 Å². The van der Waals surface area contributed by atoms with Gasteiger partial charge in [-0.1, -0.05) is 6.42 Å². The van der Waals surface area contributed by atoms with Crippen LogP contribution >= 0.6 is 0 Å². The molecule has 0 radical (unpaired) electrons. The topological polar surface area (TPSA) is 67.7 Å². The second-order valence-electron chi connectivity index (χ2n) is 7.45. The van der Waals surface area contributed by atoms with Crippen molar-refractivity contribution in [2.45, 2.75) is 44.6 Å². The smallest absolute Gasteiger partial charge is 0.410 e. The van der Waals surface area contributed by atoms with E-state index in [2.05, 4.69) is 15.7 Å². The van der Waals surface area contributed by atoms with Gasteiger partial charge in [-0.2, -0.15) is 0 Å². The minimum atomic E-state index is -0.377. The molecule has 0 bridgehead atoms. The molecule has 0 N–H and O–H groups in total. The van der Waals surface area contributed by atoms with E-state index in [4.69, 9.17) is 4.74 Å². The lowest BCUT2D eigenvalue weighted by atomic mass is 9.85. The molecule has 3 fully saturated rings. The first-order valence-corrected chi connectivity index (χ1v) is 9.41. The summed E-state index contributed by atoms with van der Waals surface area (Å²) in [5, 5.41) is 0. The molecule has 1 saturated carbocycles. The lowest BCUT2D eigenvalue weighted by Crippen LogP contribution is -2.45. The largest absolute Gasteiger partial charge is 0.448 e. The second-order valence-corrected chi connectivity index (χ2v) is 7.45. The molecular weight excluding hydrogens is 320 g/mol. The van der Waals surface area contributed by atoms with Crippen molar-refractivity contribution >= 4 is 12.0 Å². The van der Waals surface area contributed by atoms with Crippen LogP contribution in [0.1, 0.15) is 43.8 Å². The summed E-state index contributed by atoms with van der Waals surface area (Å²) in [4.78, 5) is 32.1. The van der Waals surface area contributed by atoms with Crippen LogP contribution in [0.4, 0.5) is 4.79 Å². The first-order valence-electron chi connectivity index (χ1n) is 9.41. The summed E-state index contributed by atoms with van der Waals surface area (Å²) in [7, 11) is 0. The standard InChI is InChI=1S/C18H26N4O3/c23-16(13-22-9-10-25-18(22)24)20-7-2-5-15(12-20)17-19-6-8-21(17)11-14-3-1-4-14/h6,8,14-15H,1-5,7,9-13H2. The number of likely N-dealkylation sites (tertiary alicyclic amines) is 1. The zero-order valence-corrected chi connectivity index (χ0v) is 14.6. The van der Waals surface area contributed by atoms with Crippen LogP contribution in [-0.2, 0) is 16.1 Å². The fourth-order valence-electron chi connectivity index (χ4n) is 4.04. The van der Waals surface area contributed by atoms with Gasteiger partial charge in [0.1, 0.15) is 19.0 Å². The van der Waals surface area contributed by atoms with Crippen LogP contribution in [0.5, 0.6) is 0 Å². The molecule has 7 nitrogen and oxygen atoms in total. The second kappa shape index (κ2) is 7.06. The van der Waals surface area contributed by atoms with Gasteiger partial charge in [0.05, 0.1) is 6.54 Å². The van der Waals surface area contributed by atoms with E-state index in [9.17, 15) is 9.59 Å². The summed E-state index contributed by atoms with van der Waals surface area (Å²) in [5.74, 6) is 2.21. The SMILES string of the molecule is O=C(CN1CCOC1=O)N1CCCC(c2nccn2CC2CCC2)C1. The van der Waals surface area contributed by atoms with E-state index in [1.165, 1.54) is 24.2 Å². The van der Waals surface area contributed by atoms with E-state index in [0.29, 0.717) is 25.6 Å². The lowest BCUT2D eigenvalue weighted by Gasteiger charge is -2.34. The number of hydrogen-bond donors (Lipinski definition) is 0. The lowest BCUT2D eigenvalue weighted by molar-refractivity contribution is -0.133. The summed E-state index contributed by atoms with van der Waals surface area (Å²) < 4.78 is 7.20. The number of ether oxygens (including phenoxy) is 1. The number of carbonyl (C=O) groups is 2. The molecule has 0 spiro atoms. The van der Waals surface area contributed by atoms with Crippen molar-refractivity contribution in [3.05, 3.63) is 18.2 Å². The van der Waals surface area contributed by atoms with E-state index in [-0.39, 0.29) is 18.5 Å². The van der Waals surface area contributed by atoms with Gasteiger partial charge in [-0.05, 0) is 31.6 Å². The number of aromatic nitrogens is 2. The molecule has 1 aliphatic carbocycles. The predicted molar refractivity (Wildman–Crippen MR) is 91.0 cm³/mol. The van der Waals surface area contributed by atoms with Crippen LogP contribution < -0.4 is 0 Å². The Hall–Kier alpha value is -2.05. The molecule has 0 aromatic carbocycles. The molecule has 1 atom stereocenters. The van der Waals surface area contributed by atoms with Crippen LogP contribution in [0.15, 0.2) is 12.4 Å². The Morgan fingerprint density at radius 3 is 2.84 bits per heavy atom. The summed E-state index contributed by atoms with van der Waals surface area (Å²) >= 11 is 0. The number of hydrogen-bond acceptors (Lipinski definition) is 4. The van der Waals surface area contributed by atoms with Gasteiger partial charge in [0.25, 0.3) is 0 Å². The Balaban J connectivity index is 1.38. The van der Waals surface area contributed by atoms with Crippen LogP contribution in [-0.4, -0.2) is 64.1 Å². The van der Waals surface area contributed by atoms with E-state index in [0.717, 1.165) is 37.7 Å². The van der Waals surface area contributed by atoms with Crippen molar-refractivity contribution in [3.8, 4) is 0 Å². The van der Waals surface area contributed by atoms with E-state index in [1.807, 2.05) is 11.1 Å². The summed E-state index contributed by atoms with van der Waals surface area (Å²) in [6.45, 7) is 3.54. The van der Waals surface area contributed by atoms with E-state index >= 15 is 0 Å². The molecular formula is C18H26N4O3. The van der Waals surface area contributed by atoms with Crippen LogP contribution in [0, 0.1) is 5.92 Å². The molecule has 3 heterocycles. The number of imidazole rings is 1. The molecule has 1 aromatic rings. The Morgan fingerprint density at radius 2 is 2.12 bits per heavy atom. The number of nitrogens with zero attached hydrogens (tertiary/aromatic N) is 4. The predicted octanol–water partition coefficient (Wildman–Crippen LogP) is 1.84. The maximum Gasteiger partial charge on any atom is 0.410 e. The van der Waals surface area contributed by atoms with Gasteiger partial charge >= 0.3 is 6.09 Å². The normalized spacial score (nSPS) is 24.3. The molecule has 2 amide bonds. The van der Waals surface area contributed by atoms with E-state index < -0.39 is 0 Å². The Kier molecular flexibility index (Phi) is 4.63. The highest BCUT2D eigenvalue weighted by Gasteiger charge is 2.31. The Morgan fingerprint density at radius 1 is 1.24 bits per heavy atom. The summed E-state index contributed by atoms with van der Waals surface area (Å²) in [5.41, 5.74) is 0. The highest BCUT2D eigenvalue weighted by Crippen LogP contribution is 2.31. The highest BCUT2D eigenvalue weighted by molar-refractivity contribution is 5.83. The number of amides is 2. The number of rotatable bonds is 5. The Labute approximate surface area is 147 Å². The van der Waals surface area contributed by atoms with Gasteiger partial charge in [-0.3, -0.25) is 9.69 Å². The molecule has 7 heteroatoms. The zero-order chi connectivity index (χ0) is 17.2. The van der Waals surface area contributed by atoms with Gasteiger partial charge in [0.2, 0.25) is 5.91 Å². The molecule has 25 heavy (non-hydrogen) atoms. The van der Waals surface area contributed by atoms with Gasteiger partial charge < -0.3 is 14.2 Å². The molecule has 136 valence electrons. The van der Waals surface area contributed by atoms with Crippen LogP contribution in [0.2, 0.25) is 0 Å². The van der Waals surface area contributed by atoms with Crippen molar-refractivity contribution in [1.82, 2.24) is 19.4 Å². The van der Waals surface area contributed by atoms with Crippen molar-refractivity contribution in [2.24, 2.45) is 5.92 Å². The summed E-state index contributed by atoms with van der Waals surface area (Å²) in [6, 6.07) is 0. The van der Waals surface area contributed by atoms with Crippen LogP contribution in [0.3, 0.4) is 0 Å². The third-order valence-corrected chi connectivity index (χ3v) is 5.74. The summed E-state index contributed by atoms with van der Waals surface area (Å²) in [6.07, 6.45) is 9.62. The van der Waals surface area contributed by atoms with Gasteiger partial charge in [-0.15, -0.1) is 0 Å². The Bertz CT molecular complexity index is 640. The maximum atomic E-state index is 12.6. The molecule has 4 rings (SSSR count). The fraction of sp³-hybridized carbons (Fsp3) is 0.722. The van der Waals surface area contributed by atoms with E-state index in [1.54, 1.807) is 0 Å². The quantitative estimate of drug-likeness (QED) is 0.816. The number of cyclic esters (lactones) is 1. The van der Waals surface area contributed by atoms with Crippen molar-refractivity contribution in [3.63, 3.8) is 0 Å². The van der Waals surface area contributed by atoms with Gasteiger partial charge in [0.15, 0.2) is 0 Å². The van der Waals surface area contributed by atoms with Crippen molar-refractivity contribution in [1.29, 1.82) is 0 Å². The molecule has 1 aromatic heterocycles. The molecule has 2 aliphatic heterocycles. The van der Waals surface area contributed by atoms with Gasteiger partial charge in [-0.25, -0.2) is 9.78 Å². The first-order chi connectivity index (χ1) is 12.2. The first kappa shape index (κ1) is 16.4. The van der Waals surface area contributed by atoms with Gasteiger partial charge in [0, 0.05) is 37.9 Å². The highest BCUT2D eigenvalue weighted by atomic mass is 16.6. The van der Waals surface area contributed by atoms with Crippen LogP contribution in [0.25, 0.3) is 0 Å². The average molecular weight is 346 g/mol. The van der Waals surface area contributed by atoms with Crippen molar-refractivity contribution in [2.75, 3.05) is 32.8 Å². The molecule has 3 aliphatic rings. The monoisotopic (exact) mass is 346 g/mol. The number of carbonyl (C=O) groups excluding carboxylic acids is 2. The third kappa shape index (κ3) is 3.50. The number of piperidine rings is 1. The minimum absolute atomic E-state index is 0.0145. The maximum absolute atomic E-state index is 12.6. The zero-order valence-electron chi connectivity index (χ0n) is 14.6.